The largest absolute Gasteiger partial charge is 0.477 e. The second-order valence-corrected chi connectivity index (χ2v) is 24.8. The number of hydrogen-bond donors (Lipinski definition) is 1. The van der Waals surface area contributed by atoms with Crippen LogP contribution in [0, 0.1) is 0 Å². The zero-order valence-electron chi connectivity index (χ0n) is 54.2. The van der Waals surface area contributed by atoms with E-state index in [0.29, 0.717) is 17.4 Å². The highest BCUT2D eigenvalue weighted by Crippen LogP contribution is 2.19. The summed E-state index contributed by atoms with van der Waals surface area (Å²) in [5.41, 5.74) is 0. The number of carbonyl (C=O) groups is 3. The van der Waals surface area contributed by atoms with Crippen LogP contribution in [-0.2, 0) is 33.3 Å². The molecule has 474 valence electrons. The Morgan fingerprint density at radius 1 is 0.383 bits per heavy atom. The van der Waals surface area contributed by atoms with Crippen molar-refractivity contribution in [1.29, 1.82) is 0 Å². The van der Waals surface area contributed by atoms with Crippen molar-refractivity contribution in [2.45, 2.75) is 347 Å². The van der Waals surface area contributed by atoms with Crippen LogP contribution in [0.15, 0.2) is 48.6 Å². The number of carboxylic acid groups (broad SMARTS) is 1. The maximum atomic E-state index is 12.9. The molecule has 0 aromatic rings. The average Bonchev–Trinajstić information content (AvgIpc) is 3.44. The number of quaternary nitrogens is 1. The van der Waals surface area contributed by atoms with Crippen molar-refractivity contribution in [1.82, 2.24) is 0 Å². The van der Waals surface area contributed by atoms with Gasteiger partial charge in [-0.25, -0.2) is 4.79 Å². The Hall–Kier alpha value is -2.75. The molecule has 0 aliphatic carbocycles. The number of likely N-dealkylation sites (N-methyl/N-ethyl adjacent to an activating group) is 1. The third-order valence-electron chi connectivity index (χ3n) is 15.6. The van der Waals surface area contributed by atoms with Gasteiger partial charge < -0.3 is 28.5 Å². The maximum absolute atomic E-state index is 12.9. The molecule has 0 rings (SSSR count). The summed E-state index contributed by atoms with van der Waals surface area (Å²) in [5.74, 6) is -1.98. The maximum Gasteiger partial charge on any atom is 0.361 e. The lowest BCUT2D eigenvalue weighted by Crippen LogP contribution is -2.40. The Morgan fingerprint density at radius 2 is 0.704 bits per heavy atom. The molecule has 0 aliphatic rings. The number of aliphatic carboxylic acids is 1. The van der Waals surface area contributed by atoms with E-state index in [-0.39, 0.29) is 38.2 Å². The van der Waals surface area contributed by atoms with Gasteiger partial charge in [-0.15, -0.1) is 0 Å². The van der Waals surface area contributed by atoms with Crippen molar-refractivity contribution in [3.05, 3.63) is 48.6 Å². The number of carboxylic acids is 1. The third-order valence-corrected chi connectivity index (χ3v) is 15.6. The van der Waals surface area contributed by atoms with Crippen molar-refractivity contribution in [2.24, 2.45) is 0 Å². The van der Waals surface area contributed by atoms with Gasteiger partial charge in [0.1, 0.15) is 13.2 Å². The van der Waals surface area contributed by atoms with Gasteiger partial charge in [-0.05, 0) is 51.4 Å². The lowest BCUT2D eigenvalue weighted by atomic mass is 10.0. The molecule has 0 amide bonds. The first-order valence-corrected chi connectivity index (χ1v) is 34.8. The van der Waals surface area contributed by atoms with Crippen LogP contribution >= 0.6 is 0 Å². The van der Waals surface area contributed by atoms with Gasteiger partial charge in [0, 0.05) is 12.8 Å². The summed E-state index contributed by atoms with van der Waals surface area (Å²) in [6.07, 6.45) is 78.0. The summed E-state index contributed by atoms with van der Waals surface area (Å²) < 4.78 is 23.0. The Balaban J connectivity index is 4.05. The quantitative estimate of drug-likeness (QED) is 0.0211. The fourth-order valence-corrected chi connectivity index (χ4v) is 10.3. The van der Waals surface area contributed by atoms with Crippen molar-refractivity contribution in [2.75, 3.05) is 47.5 Å². The zero-order chi connectivity index (χ0) is 59.1. The van der Waals surface area contributed by atoms with E-state index in [9.17, 15) is 19.5 Å². The molecule has 0 radical (unpaired) electrons. The first-order chi connectivity index (χ1) is 39.6. The predicted molar refractivity (Wildman–Crippen MR) is 346 cm³/mol. The summed E-state index contributed by atoms with van der Waals surface area (Å²) in [5, 5.41) is 9.74. The second-order valence-electron chi connectivity index (χ2n) is 24.8. The Kier molecular flexibility index (Phi) is 61.1. The van der Waals surface area contributed by atoms with E-state index in [1.807, 2.05) is 21.1 Å². The first kappa shape index (κ1) is 78.2. The van der Waals surface area contributed by atoms with Crippen molar-refractivity contribution in [3.63, 3.8) is 0 Å². The number of carbonyl (C=O) groups excluding carboxylic acids is 2. The van der Waals surface area contributed by atoms with Crippen LogP contribution in [0.2, 0.25) is 0 Å². The van der Waals surface area contributed by atoms with Gasteiger partial charge in [0.15, 0.2) is 6.10 Å². The lowest BCUT2D eigenvalue weighted by molar-refractivity contribution is -0.870. The molecule has 0 heterocycles. The van der Waals surface area contributed by atoms with E-state index in [1.165, 1.54) is 244 Å². The molecule has 2 atom stereocenters. The summed E-state index contributed by atoms with van der Waals surface area (Å²) in [7, 11) is 5.99. The summed E-state index contributed by atoms with van der Waals surface area (Å²) in [6, 6.07) is 0. The SMILES string of the molecule is CC/C=C\C/C=C\C/C=C\C/C=C\CCCCCCCCCCCCCCCCCCCCCCC(=O)OC(COC(=O)CCCCCCCCCCCCCCCCCCCCCCCCC)COC(OCC[N+](C)(C)C)C(=O)O. The number of unbranched alkanes of at least 4 members (excludes halogenated alkanes) is 42. The number of allylic oxidation sites excluding steroid dienone is 8. The standard InChI is InChI=1S/C72H133NO8/c1-6-8-10-12-14-16-18-20-22-24-26-28-30-31-32-33-34-35-36-37-38-39-41-43-45-47-49-51-53-55-57-59-61-63-70(75)81-68(67-80-72(71(76)77)78-65-64-73(3,4)5)66-79-69(74)62-60-58-56-54-52-50-48-46-44-42-40-29-27-25-23-21-19-17-15-13-11-9-7-2/h8,10,14,16,20,22,26,28,68,72H,6-7,9,11-13,15,17-19,21,23-25,27,29-67H2,1-5H3/p+1/b10-8-,16-14-,22-20-,28-26-. The summed E-state index contributed by atoms with van der Waals surface area (Å²) >= 11 is 0. The molecule has 0 saturated heterocycles. The molecular weight excluding hydrogens is 1010 g/mol. The normalized spacial score (nSPS) is 13.0. The van der Waals surface area contributed by atoms with Crippen LogP contribution in [0.5, 0.6) is 0 Å². The van der Waals surface area contributed by atoms with E-state index < -0.39 is 18.4 Å². The molecule has 0 aromatic heterocycles. The monoisotopic (exact) mass is 1140 g/mol. The molecule has 0 spiro atoms. The molecule has 0 bridgehead atoms. The molecule has 0 aromatic carbocycles. The third kappa shape index (κ3) is 64.7. The highest BCUT2D eigenvalue weighted by atomic mass is 16.7. The lowest BCUT2D eigenvalue weighted by Gasteiger charge is -2.25. The van der Waals surface area contributed by atoms with E-state index >= 15 is 0 Å². The molecule has 1 N–H and O–H groups in total. The highest BCUT2D eigenvalue weighted by molar-refractivity contribution is 5.71. The molecular formula is C72H134NO8+. The van der Waals surface area contributed by atoms with Crippen LogP contribution in [0.1, 0.15) is 335 Å². The molecule has 9 nitrogen and oxygen atoms in total. The highest BCUT2D eigenvalue weighted by Gasteiger charge is 2.25. The molecule has 81 heavy (non-hydrogen) atoms. The van der Waals surface area contributed by atoms with Gasteiger partial charge >= 0.3 is 17.9 Å². The number of hydrogen-bond acceptors (Lipinski definition) is 7. The van der Waals surface area contributed by atoms with Crippen LogP contribution in [0.3, 0.4) is 0 Å². The predicted octanol–water partition coefficient (Wildman–Crippen LogP) is 21.4. The second kappa shape index (κ2) is 63.3. The molecule has 0 aliphatic heterocycles. The van der Waals surface area contributed by atoms with Gasteiger partial charge in [-0.3, -0.25) is 9.59 Å². The Bertz CT molecular complexity index is 1470. The van der Waals surface area contributed by atoms with E-state index in [1.54, 1.807) is 0 Å². The molecule has 9 heteroatoms. The van der Waals surface area contributed by atoms with Crippen molar-refractivity contribution < 1.29 is 42.9 Å². The van der Waals surface area contributed by atoms with Gasteiger partial charge in [0.05, 0.1) is 34.4 Å². The summed E-state index contributed by atoms with van der Waals surface area (Å²) in [6.45, 7) is 4.83. The first-order valence-electron chi connectivity index (χ1n) is 34.8. The number of rotatable bonds is 65. The molecule has 2 unspecified atom stereocenters. The smallest absolute Gasteiger partial charge is 0.361 e. The summed E-state index contributed by atoms with van der Waals surface area (Å²) in [4.78, 5) is 37.6. The average molecular weight is 1140 g/mol. The van der Waals surface area contributed by atoms with Gasteiger partial charge in [-0.1, -0.05) is 319 Å². The minimum atomic E-state index is -1.51. The fraction of sp³-hybridized carbons (Fsp3) is 0.847. The van der Waals surface area contributed by atoms with E-state index in [2.05, 4.69) is 62.5 Å². The van der Waals surface area contributed by atoms with Crippen LogP contribution in [0.4, 0.5) is 0 Å². The minimum Gasteiger partial charge on any atom is -0.477 e. The van der Waals surface area contributed by atoms with Gasteiger partial charge in [-0.2, -0.15) is 0 Å². The topological polar surface area (TPSA) is 108 Å². The number of ether oxygens (including phenoxy) is 4. The van der Waals surface area contributed by atoms with E-state index in [4.69, 9.17) is 18.9 Å². The number of nitrogens with zero attached hydrogens (tertiary/aromatic N) is 1. The van der Waals surface area contributed by atoms with Crippen LogP contribution < -0.4 is 0 Å². The van der Waals surface area contributed by atoms with Crippen molar-refractivity contribution >= 4 is 17.9 Å². The fourth-order valence-electron chi connectivity index (χ4n) is 10.3. The molecule has 0 fully saturated rings. The van der Waals surface area contributed by atoms with Gasteiger partial charge in [0.25, 0.3) is 6.29 Å². The Labute approximate surface area is 502 Å². The molecule has 0 saturated carbocycles. The van der Waals surface area contributed by atoms with Crippen molar-refractivity contribution in [3.8, 4) is 0 Å². The van der Waals surface area contributed by atoms with Gasteiger partial charge in [0.2, 0.25) is 0 Å². The van der Waals surface area contributed by atoms with Crippen LogP contribution in [-0.4, -0.2) is 87.4 Å². The minimum absolute atomic E-state index is 0.176. The van der Waals surface area contributed by atoms with E-state index in [0.717, 1.165) is 64.2 Å². The Morgan fingerprint density at radius 3 is 1.05 bits per heavy atom. The number of esters is 2. The van der Waals surface area contributed by atoms with Crippen LogP contribution in [0.25, 0.3) is 0 Å². The zero-order valence-corrected chi connectivity index (χ0v) is 54.2.